The molecule has 0 N–H and O–H groups in total. The molecule has 2 aromatic carbocycles. The van der Waals surface area contributed by atoms with E-state index in [1.807, 2.05) is 54.6 Å². The average Bonchev–Trinajstić information content (AvgIpc) is 3.35. The molecule has 2 aromatic rings. The quantitative estimate of drug-likeness (QED) is 0.684. The fourth-order valence-corrected chi connectivity index (χ4v) is 3.72. The number of hydrogen-bond acceptors (Lipinski definition) is 3. The third kappa shape index (κ3) is 2.74. The van der Waals surface area contributed by atoms with E-state index in [2.05, 4.69) is 6.92 Å². The van der Waals surface area contributed by atoms with Gasteiger partial charge < -0.3 is 9.47 Å². The molecule has 3 rings (SSSR count). The molecule has 0 fully saturated rings. The van der Waals surface area contributed by atoms with Crippen LogP contribution in [-0.2, 0) is 14.9 Å². The lowest BCUT2D eigenvalue weighted by Gasteiger charge is -2.19. The van der Waals surface area contributed by atoms with Gasteiger partial charge in [0.2, 0.25) is 0 Å². The second-order valence-corrected chi connectivity index (χ2v) is 6.26. The van der Waals surface area contributed by atoms with E-state index in [9.17, 15) is 4.79 Å². The van der Waals surface area contributed by atoms with E-state index in [1.54, 1.807) is 7.11 Å². The second kappa shape index (κ2) is 7.14. The number of esters is 1. The van der Waals surface area contributed by atoms with Crippen LogP contribution in [0.15, 0.2) is 60.2 Å². The Kier molecular flexibility index (Phi) is 4.93. The number of rotatable bonds is 7. The fraction of sp³-hybridized carbons (Fsp3) is 0.318. The molecule has 0 saturated carbocycles. The van der Waals surface area contributed by atoms with Crippen molar-refractivity contribution in [2.75, 3.05) is 14.2 Å². The zero-order valence-electron chi connectivity index (χ0n) is 15.0. The smallest absolute Gasteiger partial charge is 0.325 e. The van der Waals surface area contributed by atoms with Crippen molar-refractivity contribution in [1.29, 1.82) is 0 Å². The van der Waals surface area contributed by atoms with E-state index < -0.39 is 5.41 Å². The zero-order chi connectivity index (χ0) is 17.9. The summed E-state index contributed by atoms with van der Waals surface area (Å²) in [5.74, 6) is 0.568. The topological polar surface area (TPSA) is 35.5 Å². The Morgan fingerprint density at radius 1 is 1.00 bits per heavy atom. The van der Waals surface area contributed by atoms with Crippen molar-refractivity contribution in [2.45, 2.75) is 31.6 Å². The largest absolute Gasteiger partial charge is 0.496 e. The molecule has 0 heterocycles. The van der Waals surface area contributed by atoms with Gasteiger partial charge in [-0.15, -0.1) is 0 Å². The summed E-state index contributed by atoms with van der Waals surface area (Å²) in [6, 6.07) is 17.8. The number of carbonyl (C=O) groups is 1. The molecule has 0 aliphatic heterocycles. The zero-order valence-corrected chi connectivity index (χ0v) is 15.0. The van der Waals surface area contributed by atoms with Crippen molar-refractivity contribution in [2.24, 2.45) is 0 Å². The first-order valence-corrected chi connectivity index (χ1v) is 8.73. The maximum Gasteiger partial charge on any atom is 0.325 e. The molecule has 130 valence electrons. The number of para-hydroxylation sites is 1. The molecule has 1 aliphatic carbocycles. The summed E-state index contributed by atoms with van der Waals surface area (Å²) in [6.07, 6.45) is 3.00. The van der Waals surface area contributed by atoms with Crippen LogP contribution >= 0.6 is 0 Å². The number of unbranched alkanes of at least 4 members (excludes halogenated alkanes) is 1. The molecule has 0 radical (unpaired) electrons. The first-order valence-electron chi connectivity index (χ1n) is 8.73. The highest BCUT2D eigenvalue weighted by Gasteiger charge is 2.61. The molecule has 0 amide bonds. The molecule has 0 spiro atoms. The summed E-state index contributed by atoms with van der Waals surface area (Å²) in [5.41, 5.74) is 3.35. The molecule has 0 aromatic heterocycles. The SMILES string of the molecule is CCCCC1=C(c2ccccc2OC)[C@]1(C(=O)OC)c1ccccc1. The predicted octanol–water partition coefficient (Wildman–Crippen LogP) is 4.76. The Morgan fingerprint density at radius 2 is 1.68 bits per heavy atom. The number of hydrogen-bond donors (Lipinski definition) is 0. The van der Waals surface area contributed by atoms with Crippen molar-refractivity contribution >= 4 is 11.5 Å². The first-order chi connectivity index (χ1) is 12.2. The van der Waals surface area contributed by atoms with E-state index in [4.69, 9.17) is 9.47 Å². The summed E-state index contributed by atoms with van der Waals surface area (Å²) < 4.78 is 10.8. The van der Waals surface area contributed by atoms with E-state index in [1.165, 1.54) is 7.11 Å². The average molecular weight is 336 g/mol. The van der Waals surface area contributed by atoms with Crippen LogP contribution in [0.3, 0.4) is 0 Å². The lowest BCUT2D eigenvalue weighted by molar-refractivity contribution is -0.142. The summed E-state index contributed by atoms with van der Waals surface area (Å²) in [5, 5.41) is 0. The van der Waals surface area contributed by atoms with Gasteiger partial charge >= 0.3 is 5.97 Å². The minimum Gasteiger partial charge on any atom is -0.496 e. The van der Waals surface area contributed by atoms with E-state index >= 15 is 0 Å². The standard InChI is InChI=1S/C22H24O3/c1-4-5-14-18-20(17-13-9-10-15-19(17)24-2)22(18,21(23)25-3)16-11-7-6-8-12-16/h6-13,15H,4-5,14H2,1-3H3/t22-/m0/s1. The van der Waals surface area contributed by atoms with Gasteiger partial charge in [-0.2, -0.15) is 0 Å². The molecule has 1 aliphatic rings. The van der Waals surface area contributed by atoms with Crippen LogP contribution in [0.25, 0.3) is 5.57 Å². The van der Waals surface area contributed by atoms with Gasteiger partial charge in [0.25, 0.3) is 0 Å². The fourth-order valence-electron chi connectivity index (χ4n) is 3.72. The number of carbonyl (C=O) groups excluding carboxylic acids is 1. The van der Waals surface area contributed by atoms with Crippen LogP contribution < -0.4 is 4.74 Å². The normalized spacial score (nSPS) is 18.8. The molecule has 0 bridgehead atoms. The number of methoxy groups -OCH3 is 2. The Balaban J connectivity index is 2.17. The third-order valence-electron chi connectivity index (χ3n) is 4.92. The summed E-state index contributed by atoms with van der Waals surface area (Å²) in [4.78, 5) is 12.9. The molecular weight excluding hydrogens is 312 g/mol. The first kappa shape index (κ1) is 17.3. The van der Waals surface area contributed by atoms with Gasteiger partial charge in [-0.05, 0) is 35.6 Å². The van der Waals surface area contributed by atoms with Crippen LogP contribution in [0, 0.1) is 0 Å². The van der Waals surface area contributed by atoms with Gasteiger partial charge in [0.05, 0.1) is 14.2 Å². The number of ether oxygens (including phenoxy) is 2. The summed E-state index contributed by atoms with van der Waals surface area (Å²) in [6.45, 7) is 2.16. The van der Waals surface area contributed by atoms with Crippen LogP contribution in [0.4, 0.5) is 0 Å². The molecular formula is C22H24O3. The van der Waals surface area contributed by atoms with E-state index in [0.29, 0.717) is 0 Å². The highest BCUT2D eigenvalue weighted by atomic mass is 16.5. The van der Waals surface area contributed by atoms with Crippen LogP contribution in [0.1, 0.15) is 37.3 Å². The predicted molar refractivity (Wildman–Crippen MR) is 99.6 cm³/mol. The van der Waals surface area contributed by atoms with E-state index in [0.717, 1.165) is 47.3 Å². The Morgan fingerprint density at radius 3 is 2.32 bits per heavy atom. The van der Waals surface area contributed by atoms with Crippen molar-refractivity contribution in [1.82, 2.24) is 0 Å². The van der Waals surface area contributed by atoms with E-state index in [-0.39, 0.29) is 5.97 Å². The van der Waals surface area contributed by atoms with Gasteiger partial charge in [0, 0.05) is 5.56 Å². The lowest BCUT2D eigenvalue weighted by atomic mass is 9.85. The maximum absolute atomic E-state index is 12.9. The van der Waals surface area contributed by atoms with Gasteiger partial charge in [0.15, 0.2) is 0 Å². The number of benzene rings is 2. The molecule has 3 heteroatoms. The molecule has 0 saturated heterocycles. The van der Waals surface area contributed by atoms with Crippen molar-refractivity contribution in [3.8, 4) is 5.75 Å². The van der Waals surface area contributed by atoms with Gasteiger partial charge in [-0.1, -0.05) is 61.9 Å². The van der Waals surface area contributed by atoms with Gasteiger partial charge in [0.1, 0.15) is 11.2 Å². The minimum atomic E-state index is -0.778. The Bertz CT molecular complexity index is 792. The van der Waals surface area contributed by atoms with Gasteiger partial charge in [-0.25, -0.2) is 0 Å². The molecule has 1 atom stereocenters. The minimum absolute atomic E-state index is 0.217. The van der Waals surface area contributed by atoms with Crippen LogP contribution in [-0.4, -0.2) is 20.2 Å². The maximum atomic E-state index is 12.9. The third-order valence-corrected chi connectivity index (χ3v) is 4.92. The molecule has 0 unspecified atom stereocenters. The highest BCUT2D eigenvalue weighted by Crippen LogP contribution is 2.63. The van der Waals surface area contributed by atoms with Crippen molar-refractivity contribution < 1.29 is 14.3 Å². The van der Waals surface area contributed by atoms with Crippen molar-refractivity contribution in [3.63, 3.8) is 0 Å². The van der Waals surface area contributed by atoms with Crippen molar-refractivity contribution in [3.05, 3.63) is 71.3 Å². The Hall–Kier alpha value is -2.55. The van der Waals surface area contributed by atoms with Gasteiger partial charge in [-0.3, -0.25) is 4.79 Å². The lowest BCUT2D eigenvalue weighted by Crippen LogP contribution is -2.27. The molecule has 25 heavy (non-hydrogen) atoms. The Labute approximate surface area is 149 Å². The van der Waals surface area contributed by atoms with Crippen LogP contribution in [0.2, 0.25) is 0 Å². The highest BCUT2D eigenvalue weighted by molar-refractivity contribution is 6.16. The summed E-state index contributed by atoms with van der Waals surface area (Å²) in [7, 11) is 3.12. The monoisotopic (exact) mass is 336 g/mol. The van der Waals surface area contributed by atoms with Crippen LogP contribution in [0.5, 0.6) is 5.75 Å². The second-order valence-electron chi connectivity index (χ2n) is 6.26. The summed E-state index contributed by atoms with van der Waals surface area (Å²) >= 11 is 0. The molecule has 3 nitrogen and oxygen atoms in total.